The van der Waals surface area contributed by atoms with Crippen LogP contribution in [0, 0.1) is 46.3 Å². The monoisotopic (exact) mass is 560 g/mol. The maximum absolute atomic E-state index is 14.3. The maximum Gasteiger partial charge on any atom is 0.337 e. The molecule has 0 saturated heterocycles. The molecular formula is C32H32O9. The summed E-state index contributed by atoms with van der Waals surface area (Å²) >= 11 is 0. The highest BCUT2D eigenvalue weighted by atomic mass is 16.7. The van der Waals surface area contributed by atoms with E-state index in [1.165, 1.54) is 13.8 Å². The molecule has 0 aromatic heterocycles. The summed E-state index contributed by atoms with van der Waals surface area (Å²) in [5.74, 6) is -6.02. The van der Waals surface area contributed by atoms with Crippen molar-refractivity contribution in [2.45, 2.75) is 77.0 Å². The average Bonchev–Trinajstić information content (AvgIpc) is 3.78. The molecular weight excluding hydrogens is 528 g/mol. The minimum atomic E-state index is -2.58. The summed E-state index contributed by atoms with van der Waals surface area (Å²) in [4.78, 5) is 53.7. The second kappa shape index (κ2) is 6.32. The summed E-state index contributed by atoms with van der Waals surface area (Å²) in [7, 11) is 0. The third-order valence-electron chi connectivity index (χ3n) is 13.1. The maximum atomic E-state index is 14.3. The molecule has 0 bridgehead atoms. The number of hydrogen-bond donors (Lipinski definition) is 2. The second-order valence-electron chi connectivity index (χ2n) is 14.5. The second-order valence-corrected chi connectivity index (χ2v) is 14.5. The third kappa shape index (κ3) is 2.12. The predicted molar refractivity (Wildman–Crippen MR) is 138 cm³/mol. The number of ketones is 1. The lowest BCUT2D eigenvalue weighted by Crippen LogP contribution is -2.69. The van der Waals surface area contributed by atoms with Gasteiger partial charge in [-0.25, -0.2) is 9.59 Å². The van der Waals surface area contributed by atoms with E-state index in [1.807, 2.05) is 0 Å². The molecule has 5 saturated carbocycles. The van der Waals surface area contributed by atoms with Crippen molar-refractivity contribution >= 4 is 23.7 Å². The minimum Gasteiger partial charge on any atom is -0.457 e. The Labute approximate surface area is 236 Å². The molecule has 2 aliphatic heterocycles. The van der Waals surface area contributed by atoms with Crippen LogP contribution in [0.25, 0.3) is 0 Å². The molecule has 9 rings (SSSR count). The molecule has 5 fully saturated rings. The fourth-order valence-electron chi connectivity index (χ4n) is 11.6. The summed E-state index contributed by atoms with van der Waals surface area (Å²) in [6.45, 7) is 12.8. The molecule has 9 aliphatic rings. The van der Waals surface area contributed by atoms with Crippen molar-refractivity contribution in [1.82, 2.24) is 0 Å². The number of ether oxygens (including phenoxy) is 3. The van der Waals surface area contributed by atoms with Gasteiger partial charge in [0.05, 0.1) is 11.0 Å². The first-order valence-electron chi connectivity index (χ1n) is 14.6. The zero-order valence-corrected chi connectivity index (χ0v) is 23.6. The molecule has 9 nitrogen and oxygen atoms in total. The molecule has 214 valence electrons. The standard InChI is InChI=1S/C32H32O9/c1-10-14-7-15(14)28(5)18-9-30(37)17-8-16(17)29(6)24(30)22(19-11(2)26(35)41-32(19,38)27(29)36)31(18)21(12(3)25(34)40-31)23(20(10)28)39-13(4)33/h14-18,20,23,37-38H,1,7-9H2,2-6H3. The Morgan fingerprint density at radius 2 is 1.66 bits per heavy atom. The fraction of sp³-hybridized carbons (Fsp3) is 0.625. The molecule has 0 aromatic carbocycles. The Balaban J connectivity index is 1.45. The Morgan fingerprint density at radius 1 is 0.976 bits per heavy atom. The number of carbonyl (C=O) groups excluding carboxylic acids is 4. The number of carbonyl (C=O) groups is 4. The Hall–Kier alpha value is -3.04. The van der Waals surface area contributed by atoms with Crippen molar-refractivity contribution in [2.24, 2.45) is 46.3 Å². The van der Waals surface area contributed by atoms with Gasteiger partial charge in [0.1, 0.15) is 6.10 Å². The largest absolute Gasteiger partial charge is 0.457 e. The molecule has 0 aromatic rings. The van der Waals surface area contributed by atoms with E-state index in [2.05, 4.69) is 13.5 Å². The molecule has 9 heteroatoms. The van der Waals surface area contributed by atoms with Crippen molar-refractivity contribution in [3.8, 4) is 0 Å². The predicted octanol–water partition coefficient (Wildman–Crippen LogP) is 2.22. The summed E-state index contributed by atoms with van der Waals surface area (Å²) in [5, 5.41) is 24.8. The molecule has 7 aliphatic carbocycles. The molecule has 2 N–H and O–H groups in total. The topological polar surface area (TPSA) is 136 Å². The van der Waals surface area contributed by atoms with Crippen LogP contribution in [0.4, 0.5) is 0 Å². The van der Waals surface area contributed by atoms with Crippen LogP contribution in [0.1, 0.15) is 53.9 Å². The summed E-state index contributed by atoms with van der Waals surface area (Å²) < 4.78 is 18.1. The zero-order chi connectivity index (χ0) is 29.1. The average molecular weight is 561 g/mol. The van der Waals surface area contributed by atoms with E-state index in [9.17, 15) is 29.4 Å². The number of hydrogen-bond acceptors (Lipinski definition) is 9. The van der Waals surface area contributed by atoms with Gasteiger partial charge in [-0.2, -0.15) is 0 Å². The van der Waals surface area contributed by atoms with Crippen LogP contribution in [0.3, 0.4) is 0 Å². The molecule has 41 heavy (non-hydrogen) atoms. The van der Waals surface area contributed by atoms with Crippen LogP contribution < -0.4 is 0 Å². The lowest BCUT2D eigenvalue weighted by Gasteiger charge is -2.63. The lowest BCUT2D eigenvalue weighted by atomic mass is 9.42. The van der Waals surface area contributed by atoms with E-state index < -0.39 is 63.5 Å². The highest BCUT2D eigenvalue weighted by molar-refractivity contribution is 6.10. The minimum absolute atomic E-state index is 0.0304. The summed E-state index contributed by atoms with van der Waals surface area (Å²) in [5.41, 5.74) is -2.39. The van der Waals surface area contributed by atoms with Crippen LogP contribution in [-0.2, 0) is 33.4 Å². The molecule has 12 unspecified atom stereocenters. The molecule has 0 radical (unpaired) electrons. The number of rotatable bonds is 1. The van der Waals surface area contributed by atoms with Crippen molar-refractivity contribution in [3.05, 3.63) is 45.6 Å². The Kier molecular flexibility index (Phi) is 3.78. The zero-order valence-electron chi connectivity index (χ0n) is 23.6. The van der Waals surface area contributed by atoms with Gasteiger partial charge in [-0.05, 0) is 74.7 Å². The first-order valence-corrected chi connectivity index (χ1v) is 14.6. The molecule has 0 amide bonds. The van der Waals surface area contributed by atoms with Crippen LogP contribution >= 0.6 is 0 Å². The smallest absolute Gasteiger partial charge is 0.337 e. The van der Waals surface area contributed by atoms with Gasteiger partial charge in [-0.3, -0.25) is 9.59 Å². The van der Waals surface area contributed by atoms with Crippen molar-refractivity contribution < 1.29 is 43.6 Å². The van der Waals surface area contributed by atoms with E-state index in [0.29, 0.717) is 28.7 Å². The van der Waals surface area contributed by atoms with Gasteiger partial charge in [-0.15, -0.1) is 0 Å². The van der Waals surface area contributed by atoms with Crippen molar-refractivity contribution in [1.29, 1.82) is 0 Å². The van der Waals surface area contributed by atoms with E-state index in [1.54, 1.807) is 13.8 Å². The van der Waals surface area contributed by atoms with Crippen LogP contribution in [0.5, 0.6) is 0 Å². The van der Waals surface area contributed by atoms with E-state index in [0.717, 1.165) is 12.0 Å². The van der Waals surface area contributed by atoms with Crippen LogP contribution in [0.2, 0.25) is 0 Å². The Bertz CT molecular complexity index is 1640. The van der Waals surface area contributed by atoms with Crippen molar-refractivity contribution in [2.75, 3.05) is 0 Å². The highest BCUT2D eigenvalue weighted by Crippen LogP contribution is 2.84. The number of aliphatic hydroxyl groups is 2. The van der Waals surface area contributed by atoms with Gasteiger partial charge in [0.2, 0.25) is 5.78 Å². The first-order chi connectivity index (χ1) is 19.1. The summed E-state index contributed by atoms with van der Waals surface area (Å²) in [6.07, 6.45) is 0.882. The van der Waals surface area contributed by atoms with Gasteiger partial charge >= 0.3 is 17.9 Å². The fourth-order valence-corrected chi connectivity index (χ4v) is 11.6. The number of esters is 3. The molecule has 1 spiro atoms. The molecule has 2 heterocycles. The van der Waals surface area contributed by atoms with Crippen molar-refractivity contribution in [3.63, 3.8) is 0 Å². The molecule has 12 atom stereocenters. The van der Waals surface area contributed by atoms with E-state index in [-0.39, 0.29) is 47.2 Å². The number of fused-ring (bicyclic) bond motifs is 9. The summed E-state index contributed by atoms with van der Waals surface area (Å²) in [6, 6.07) is 0. The lowest BCUT2D eigenvalue weighted by molar-refractivity contribution is -0.202. The Morgan fingerprint density at radius 3 is 2.34 bits per heavy atom. The SMILES string of the molecule is C=C1C2CC2C2(C)C1C(OC(C)=O)C1=C(C)C(=O)OC13C1=C4C(O)(CC32)C2CC2C4(C)C(=O)C2(O)OC(=O)C(C)=C12. The van der Waals surface area contributed by atoms with Crippen LogP contribution in [0.15, 0.2) is 45.6 Å². The highest BCUT2D eigenvalue weighted by Gasteiger charge is 2.87. The normalized spacial score (nSPS) is 54.6. The first kappa shape index (κ1) is 24.5. The van der Waals surface area contributed by atoms with Gasteiger partial charge in [0, 0.05) is 46.6 Å². The van der Waals surface area contributed by atoms with E-state index >= 15 is 0 Å². The van der Waals surface area contributed by atoms with E-state index in [4.69, 9.17) is 14.2 Å². The van der Waals surface area contributed by atoms with Gasteiger partial charge in [-0.1, -0.05) is 19.1 Å². The van der Waals surface area contributed by atoms with Gasteiger partial charge in [0.15, 0.2) is 5.60 Å². The number of Topliss-reactive ketones (excluding diaryl/α,β-unsaturated/α-hetero) is 1. The quantitative estimate of drug-likeness (QED) is 0.281. The third-order valence-corrected chi connectivity index (χ3v) is 13.1. The van der Waals surface area contributed by atoms with Gasteiger partial charge < -0.3 is 24.4 Å². The van der Waals surface area contributed by atoms with Crippen LogP contribution in [-0.4, -0.2) is 57.0 Å². The van der Waals surface area contributed by atoms with Gasteiger partial charge in [0.25, 0.3) is 5.79 Å².